The largest absolute Gasteiger partial charge is 0.389 e. The van der Waals surface area contributed by atoms with Crippen molar-refractivity contribution in [3.8, 4) is 0 Å². The van der Waals surface area contributed by atoms with Gasteiger partial charge >= 0.3 is 0 Å². The van der Waals surface area contributed by atoms with Crippen molar-refractivity contribution in [1.82, 2.24) is 4.90 Å². The number of hydrogen-bond acceptors (Lipinski definition) is 3. The summed E-state index contributed by atoms with van der Waals surface area (Å²) in [6.07, 6.45) is 4.74. The molecule has 124 valence electrons. The molecule has 0 atom stereocenters. The minimum Gasteiger partial charge on any atom is -0.389 e. The number of carbonyl (C=O) groups is 2. The SMILES string of the molecule is CN(CC(C)(C)O)C(=O)/C=C/c1ccc(N2CCCC2=O)cc1. The lowest BCUT2D eigenvalue weighted by atomic mass is 10.1. The van der Waals surface area contributed by atoms with Gasteiger partial charge in [0.1, 0.15) is 0 Å². The van der Waals surface area contributed by atoms with Gasteiger partial charge in [-0.05, 0) is 44.0 Å². The van der Waals surface area contributed by atoms with Gasteiger partial charge in [0.25, 0.3) is 0 Å². The number of benzene rings is 1. The fraction of sp³-hybridized carbons (Fsp3) is 0.444. The predicted molar refractivity (Wildman–Crippen MR) is 91.0 cm³/mol. The third-order valence-corrected chi connectivity index (χ3v) is 3.70. The maximum atomic E-state index is 12.0. The van der Waals surface area contributed by atoms with Gasteiger partial charge in [-0.1, -0.05) is 12.1 Å². The third kappa shape index (κ3) is 4.93. The molecule has 2 rings (SSSR count). The van der Waals surface area contributed by atoms with Crippen LogP contribution in [0, 0.1) is 0 Å². The number of amides is 2. The van der Waals surface area contributed by atoms with Gasteiger partial charge in [0.2, 0.25) is 11.8 Å². The molecule has 0 saturated carbocycles. The van der Waals surface area contributed by atoms with Crippen LogP contribution in [0.5, 0.6) is 0 Å². The molecule has 5 heteroatoms. The molecule has 1 N–H and O–H groups in total. The molecule has 1 fully saturated rings. The van der Waals surface area contributed by atoms with Crippen molar-refractivity contribution < 1.29 is 14.7 Å². The summed E-state index contributed by atoms with van der Waals surface area (Å²) in [5, 5.41) is 9.73. The first kappa shape index (κ1) is 17.2. The van der Waals surface area contributed by atoms with Crippen LogP contribution in [0.3, 0.4) is 0 Å². The third-order valence-electron chi connectivity index (χ3n) is 3.70. The Hall–Kier alpha value is -2.14. The number of carbonyl (C=O) groups excluding carboxylic acids is 2. The molecule has 0 aliphatic carbocycles. The van der Waals surface area contributed by atoms with Crippen molar-refractivity contribution in [3.05, 3.63) is 35.9 Å². The quantitative estimate of drug-likeness (QED) is 0.846. The molecule has 1 saturated heterocycles. The second-order valence-corrected chi connectivity index (χ2v) is 6.58. The molecular formula is C18H24N2O3. The molecule has 2 amide bonds. The molecule has 1 heterocycles. The summed E-state index contributed by atoms with van der Waals surface area (Å²) in [6, 6.07) is 7.57. The van der Waals surface area contributed by atoms with Crippen LogP contribution in [-0.4, -0.2) is 47.6 Å². The monoisotopic (exact) mass is 316 g/mol. The average Bonchev–Trinajstić information content (AvgIpc) is 2.89. The molecule has 0 aromatic heterocycles. The second kappa shape index (κ2) is 6.96. The summed E-state index contributed by atoms with van der Waals surface area (Å²) in [5.41, 5.74) is 0.878. The van der Waals surface area contributed by atoms with Crippen LogP contribution in [-0.2, 0) is 9.59 Å². The van der Waals surface area contributed by atoms with Gasteiger partial charge in [0, 0.05) is 38.3 Å². The standard InChI is InChI=1S/C18H24N2O3/c1-18(2,23)13-19(3)16(21)11-8-14-6-9-15(10-7-14)20-12-4-5-17(20)22/h6-11,23H,4-5,12-13H2,1-3H3/b11-8+. The molecular weight excluding hydrogens is 292 g/mol. The lowest BCUT2D eigenvalue weighted by Crippen LogP contribution is -2.38. The highest BCUT2D eigenvalue weighted by molar-refractivity contribution is 5.95. The number of anilines is 1. The summed E-state index contributed by atoms with van der Waals surface area (Å²) in [4.78, 5) is 27.0. The van der Waals surface area contributed by atoms with Gasteiger partial charge in [-0.3, -0.25) is 9.59 Å². The summed E-state index contributed by atoms with van der Waals surface area (Å²) in [7, 11) is 1.66. The summed E-state index contributed by atoms with van der Waals surface area (Å²) in [6.45, 7) is 4.37. The lowest BCUT2D eigenvalue weighted by Gasteiger charge is -2.24. The second-order valence-electron chi connectivity index (χ2n) is 6.58. The predicted octanol–water partition coefficient (Wildman–Crippen LogP) is 2.06. The van der Waals surface area contributed by atoms with E-state index in [9.17, 15) is 14.7 Å². The zero-order chi connectivity index (χ0) is 17.0. The molecule has 0 unspecified atom stereocenters. The van der Waals surface area contributed by atoms with E-state index in [1.165, 1.54) is 11.0 Å². The van der Waals surface area contributed by atoms with Crippen molar-refractivity contribution in [2.45, 2.75) is 32.3 Å². The number of nitrogens with zero attached hydrogens (tertiary/aromatic N) is 2. The molecule has 5 nitrogen and oxygen atoms in total. The Bertz CT molecular complexity index is 600. The molecule has 1 aliphatic heterocycles. The first-order chi connectivity index (χ1) is 10.8. The number of aliphatic hydroxyl groups is 1. The smallest absolute Gasteiger partial charge is 0.246 e. The van der Waals surface area contributed by atoms with E-state index in [1.54, 1.807) is 31.9 Å². The van der Waals surface area contributed by atoms with Crippen molar-refractivity contribution in [2.24, 2.45) is 0 Å². The fourth-order valence-electron chi connectivity index (χ4n) is 2.64. The van der Waals surface area contributed by atoms with Crippen molar-refractivity contribution in [2.75, 3.05) is 25.0 Å². The first-order valence-electron chi connectivity index (χ1n) is 7.82. The number of hydrogen-bond donors (Lipinski definition) is 1. The first-order valence-corrected chi connectivity index (χ1v) is 7.82. The van der Waals surface area contributed by atoms with Crippen LogP contribution in [0.15, 0.2) is 30.3 Å². The maximum absolute atomic E-state index is 12.0. The van der Waals surface area contributed by atoms with Gasteiger partial charge in [-0.25, -0.2) is 0 Å². The molecule has 0 radical (unpaired) electrons. The normalized spacial score (nSPS) is 15.5. The topological polar surface area (TPSA) is 60.9 Å². The summed E-state index contributed by atoms with van der Waals surface area (Å²) in [5.74, 6) is 0.00244. The zero-order valence-electron chi connectivity index (χ0n) is 14.0. The van der Waals surface area contributed by atoms with Crippen molar-refractivity contribution >= 4 is 23.6 Å². The zero-order valence-corrected chi connectivity index (χ0v) is 14.0. The molecule has 1 aliphatic rings. The Balaban J connectivity index is 1.97. The number of rotatable bonds is 5. The van der Waals surface area contributed by atoms with Gasteiger partial charge < -0.3 is 14.9 Å². The van der Waals surface area contributed by atoms with Gasteiger partial charge in [-0.15, -0.1) is 0 Å². The van der Waals surface area contributed by atoms with E-state index in [1.807, 2.05) is 24.3 Å². The van der Waals surface area contributed by atoms with Crippen LogP contribution in [0.2, 0.25) is 0 Å². The van der Waals surface area contributed by atoms with Gasteiger partial charge in [0.15, 0.2) is 0 Å². The average molecular weight is 316 g/mol. The number of likely N-dealkylation sites (N-methyl/N-ethyl adjacent to an activating group) is 1. The summed E-state index contributed by atoms with van der Waals surface area (Å²) < 4.78 is 0. The van der Waals surface area contributed by atoms with E-state index in [0.29, 0.717) is 6.42 Å². The van der Waals surface area contributed by atoms with Crippen LogP contribution in [0.4, 0.5) is 5.69 Å². The molecule has 0 spiro atoms. The van der Waals surface area contributed by atoms with E-state index in [0.717, 1.165) is 24.2 Å². The van der Waals surface area contributed by atoms with E-state index in [4.69, 9.17) is 0 Å². The van der Waals surface area contributed by atoms with Gasteiger partial charge in [-0.2, -0.15) is 0 Å². The maximum Gasteiger partial charge on any atom is 0.246 e. The molecule has 1 aromatic rings. The van der Waals surface area contributed by atoms with E-state index in [-0.39, 0.29) is 18.4 Å². The van der Waals surface area contributed by atoms with Crippen LogP contribution >= 0.6 is 0 Å². The van der Waals surface area contributed by atoms with E-state index < -0.39 is 5.60 Å². The fourth-order valence-corrected chi connectivity index (χ4v) is 2.64. The van der Waals surface area contributed by atoms with Gasteiger partial charge in [0.05, 0.1) is 5.60 Å². The highest BCUT2D eigenvalue weighted by Crippen LogP contribution is 2.21. The van der Waals surface area contributed by atoms with E-state index >= 15 is 0 Å². The van der Waals surface area contributed by atoms with Crippen LogP contribution in [0.25, 0.3) is 6.08 Å². The Labute approximate surface area is 137 Å². The lowest BCUT2D eigenvalue weighted by molar-refractivity contribution is -0.127. The minimum absolute atomic E-state index is 0.161. The molecule has 1 aromatic carbocycles. The van der Waals surface area contributed by atoms with Crippen molar-refractivity contribution in [1.29, 1.82) is 0 Å². The van der Waals surface area contributed by atoms with Crippen molar-refractivity contribution in [3.63, 3.8) is 0 Å². The van der Waals surface area contributed by atoms with Crippen LogP contribution in [0.1, 0.15) is 32.3 Å². The summed E-state index contributed by atoms with van der Waals surface area (Å²) >= 11 is 0. The van der Waals surface area contributed by atoms with E-state index in [2.05, 4.69) is 0 Å². The minimum atomic E-state index is -0.915. The Morgan fingerprint density at radius 2 is 2.00 bits per heavy atom. The molecule has 0 bridgehead atoms. The Morgan fingerprint density at radius 3 is 2.52 bits per heavy atom. The Morgan fingerprint density at radius 1 is 1.35 bits per heavy atom. The van der Waals surface area contributed by atoms with Crippen LogP contribution < -0.4 is 4.90 Å². The molecule has 23 heavy (non-hydrogen) atoms. The highest BCUT2D eigenvalue weighted by atomic mass is 16.3. The highest BCUT2D eigenvalue weighted by Gasteiger charge is 2.21. The Kier molecular flexibility index (Phi) is 5.21.